The van der Waals surface area contributed by atoms with E-state index in [0.29, 0.717) is 0 Å². The van der Waals surface area contributed by atoms with E-state index < -0.39 is 19.2 Å². The van der Waals surface area contributed by atoms with Gasteiger partial charge in [-0.3, -0.25) is 0 Å². The molecule has 1 aromatic carbocycles. The fourth-order valence-corrected chi connectivity index (χ4v) is 1.48. The Labute approximate surface area is 91.8 Å². The molecule has 0 bridgehead atoms. The lowest BCUT2D eigenvalue weighted by Gasteiger charge is -2.12. The van der Waals surface area contributed by atoms with Crippen LogP contribution in [0.25, 0.3) is 0 Å². The summed E-state index contributed by atoms with van der Waals surface area (Å²) < 4.78 is 39.2. The molecule has 1 rings (SSSR count). The van der Waals surface area contributed by atoms with Crippen LogP contribution in [0.5, 0.6) is 5.75 Å². The molecule has 0 aromatic heterocycles. The summed E-state index contributed by atoms with van der Waals surface area (Å²) in [6.07, 6.45) is -4.82. The van der Waals surface area contributed by atoms with Gasteiger partial charge in [0, 0.05) is 5.46 Å². The minimum absolute atomic E-state index is 0.100. The van der Waals surface area contributed by atoms with Crippen molar-refractivity contribution in [1.29, 1.82) is 0 Å². The Bertz CT molecular complexity index is 356. The van der Waals surface area contributed by atoms with Crippen molar-refractivity contribution in [2.45, 2.75) is 6.36 Å². The first-order chi connectivity index (χ1) is 6.81. The Balaban J connectivity index is 3.05. The summed E-state index contributed by atoms with van der Waals surface area (Å²) in [5.41, 5.74) is -0.100. The Hall–Kier alpha value is -0.725. The second kappa shape index (κ2) is 4.42. The minimum Gasteiger partial charge on any atom is -0.423 e. The number of rotatable bonds is 2. The lowest BCUT2D eigenvalue weighted by atomic mass is 9.80. The van der Waals surface area contributed by atoms with Gasteiger partial charge in [-0.25, -0.2) is 0 Å². The number of benzene rings is 1. The number of halogens is 4. The Morgan fingerprint density at radius 1 is 1.27 bits per heavy atom. The monoisotopic (exact) mass is 284 g/mol. The van der Waals surface area contributed by atoms with E-state index in [9.17, 15) is 13.2 Å². The molecule has 0 amide bonds. The van der Waals surface area contributed by atoms with Crippen molar-refractivity contribution in [3.05, 3.63) is 22.7 Å². The van der Waals surface area contributed by atoms with E-state index >= 15 is 0 Å². The molecule has 0 unspecified atom stereocenters. The van der Waals surface area contributed by atoms with Crippen LogP contribution < -0.4 is 10.2 Å². The Morgan fingerprint density at radius 2 is 1.87 bits per heavy atom. The largest absolute Gasteiger partial charge is 0.573 e. The van der Waals surface area contributed by atoms with Crippen LogP contribution in [-0.4, -0.2) is 23.5 Å². The maximum absolute atomic E-state index is 11.9. The van der Waals surface area contributed by atoms with E-state index in [1.54, 1.807) is 0 Å². The van der Waals surface area contributed by atoms with Crippen molar-refractivity contribution in [1.82, 2.24) is 0 Å². The van der Waals surface area contributed by atoms with Crippen LogP contribution in [0.2, 0.25) is 0 Å². The average Bonchev–Trinajstić information content (AvgIpc) is 2.05. The lowest BCUT2D eigenvalue weighted by Crippen LogP contribution is -2.31. The first kappa shape index (κ1) is 12.3. The van der Waals surface area contributed by atoms with Gasteiger partial charge in [-0.15, -0.1) is 13.2 Å². The molecule has 0 radical (unpaired) electrons. The Morgan fingerprint density at radius 3 is 2.33 bits per heavy atom. The molecule has 0 saturated carbocycles. The van der Waals surface area contributed by atoms with Gasteiger partial charge in [-0.05, 0) is 22.0 Å². The molecule has 3 nitrogen and oxygen atoms in total. The average molecular weight is 285 g/mol. The molecule has 1 aromatic rings. The maximum Gasteiger partial charge on any atom is 0.573 e. The second-order valence-corrected chi connectivity index (χ2v) is 3.37. The summed E-state index contributed by atoms with van der Waals surface area (Å²) in [5, 5.41) is 17.6. The number of ether oxygens (including phenoxy) is 1. The summed E-state index contributed by atoms with van der Waals surface area (Å²) >= 11 is 2.79. The molecule has 0 saturated heterocycles. The molecule has 2 N–H and O–H groups in total. The summed E-state index contributed by atoms with van der Waals surface area (Å²) in [5.74, 6) is -0.520. The zero-order chi connectivity index (χ0) is 11.6. The summed E-state index contributed by atoms with van der Waals surface area (Å²) in [7, 11) is -1.86. The summed E-state index contributed by atoms with van der Waals surface area (Å²) in [4.78, 5) is 0. The molecule has 0 atom stereocenters. The van der Waals surface area contributed by atoms with Crippen LogP contribution in [0.4, 0.5) is 13.2 Å². The van der Waals surface area contributed by atoms with E-state index in [1.807, 2.05) is 0 Å². The fourth-order valence-electron chi connectivity index (χ4n) is 0.931. The van der Waals surface area contributed by atoms with E-state index in [0.717, 1.165) is 6.07 Å². The topological polar surface area (TPSA) is 49.7 Å². The molecule has 0 heterocycles. The minimum atomic E-state index is -4.82. The zero-order valence-corrected chi connectivity index (χ0v) is 8.71. The molecule has 8 heteroatoms. The molecule has 0 aliphatic rings. The van der Waals surface area contributed by atoms with Gasteiger partial charge >= 0.3 is 13.5 Å². The van der Waals surface area contributed by atoms with Crippen molar-refractivity contribution in [3.63, 3.8) is 0 Å². The maximum atomic E-state index is 11.9. The normalized spacial score (nSPS) is 11.3. The van der Waals surface area contributed by atoms with E-state index in [1.165, 1.54) is 12.1 Å². The lowest BCUT2D eigenvalue weighted by molar-refractivity contribution is -0.274. The van der Waals surface area contributed by atoms with Crippen molar-refractivity contribution in [3.8, 4) is 5.75 Å². The Kier molecular flexibility index (Phi) is 3.64. The van der Waals surface area contributed by atoms with Gasteiger partial charge in [0.25, 0.3) is 0 Å². The predicted octanol–water partition coefficient (Wildman–Crippen LogP) is 1.03. The predicted molar refractivity (Wildman–Crippen MR) is 50.7 cm³/mol. The third-order valence-electron chi connectivity index (χ3n) is 1.50. The second-order valence-electron chi connectivity index (χ2n) is 2.58. The van der Waals surface area contributed by atoms with Gasteiger partial charge in [0.15, 0.2) is 0 Å². The van der Waals surface area contributed by atoms with Crippen LogP contribution in [-0.2, 0) is 0 Å². The fraction of sp³-hybridized carbons (Fsp3) is 0.143. The van der Waals surface area contributed by atoms with Crippen LogP contribution in [0, 0.1) is 0 Å². The van der Waals surface area contributed by atoms with Gasteiger partial charge in [0.1, 0.15) is 5.75 Å². The van der Waals surface area contributed by atoms with Crippen molar-refractivity contribution >= 4 is 28.5 Å². The SMILES string of the molecule is OB(O)c1cccc(OC(F)(F)F)c1Br. The smallest absolute Gasteiger partial charge is 0.423 e. The molecular formula is C7H5BBrF3O3. The number of hydrogen-bond donors (Lipinski definition) is 2. The van der Waals surface area contributed by atoms with Crippen molar-refractivity contribution < 1.29 is 28.0 Å². The van der Waals surface area contributed by atoms with E-state index in [4.69, 9.17) is 10.0 Å². The van der Waals surface area contributed by atoms with Gasteiger partial charge in [-0.2, -0.15) is 0 Å². The number of hydrogen-bond acceptors (Lipinski definition) is 3. The number of alkyl halides is 3. The molecule has 0 fully saturated rings. The first-order valence-corrected chi connectivity index (χ1v) is 4.51. The zero-order valence-electron chi connectivity index (χ0n) is 7.12. The highest BCUT2D eigenvalue weighted by atomic mass is 79.9. The van der Waals surface area contributed by atoms with Crippen molar-refractivity contribution in [2.24, 2.45) is 0 Å². The van der Waals surface area contributed by atoms with Crippen LogP contribution in [0.1, 0.15) is 0 Å². The molecule has 0 spiro atoms. The standard InChI is InChI=1S/C7H5BBrF3O3/c9-6-4(8(13)14)2-1-3-5(6)15-7(10,11)12/h1-3,13-14H. The molecule has 82 valence electrons. The van der Waals surface area contributed by atoms with Crippen LogP contribution >= 0.6 is 15.9 Å². The van der Waals surface area contributed by atoms with Crippen molar-refractivity contribution in [2.75, 3.05) is 0 Å². The third-order valence-corrected chi connectivity index (χ3v) is 2.35. The highest BCUT2D eigenvalue weighted by molar-refractivity contribution is 9.10. The molecular weight excluding hydrogens is 280 g/mol. The van der Waals surface area contributed by atoms with E-state index in [2.05, 4.69) is 20.7 Å². The quantitative estimate of drug-likeness (QED) is 0.798. The summed E-state index contributed by atoms with van der Waals surface area (Å²) in [6.45, 7) is 0. The van der Waals surface area contributed by atoms with Gasteiger partial charge < -0.3 is 14.8 Å². The van der Waals surface area contributed by atoms with Gasteiger partial charge in [-0.1, -0.05) is 12.1 Å². The highest BCUT2D eigenvalue weighted by Crippen LogP contribution is 2.28. The van der Waals surface area contributed by atoms with Crippen LogP contribution in [0.3, 0.4) is 0 Å². The van der Waals surface area contributed by atoms with E-state index in [-0.39, 0.29) is 9.94 Å². The summed E-state index contributed by atoms with van der Waals surface area (Å²) in [6, 6.07) is 3.54. The van der Waals surface area contributed by atoms with Gasteiger partial charge in [0.05, 0.1) is 4.47 Å². The first-order valence-electron chi connectivity index (χ1n) is 3.71. The van der Waals surface area contributed by atoms with Gasteiger partial charge in [0.2, 0.25) is 0 Å². The third kappa shape index (κ3) is 3.40. The molecule has 0 aliphatic heterocycles. The molecule has 0 aliphatic carbocycles. The molecule has 15 heavy (non-hydrogen) atoms. The highest BCUT2D eigenvalue weighted by Gasteiger charge is 2.32. The van der Waals surface area contributed by atoms with Crippen LogP contribution in [0.15, 0.2) is 22.7 Å².